The highest BCUT2D eigenvalue weighted by Crippen LogP contribution is 2.60. The van der Waals surface area contributed by atoms with E-state index in [1.54, 1.807) is 0 Å². The Hall–Kier alpha value is -2.35. The molecule has 0 aromatic carbocycles. The summed E-state index contributed by atoms with van der Waals surface area (Å²) in [5.74, 6) is 0.00216. The topological polar surface area (TPSA) is 67.1 Å². The normalized spacial score (nSPS) is 26.6. The number of hydrogen-bond acceptors (Lipinski definition) is 5. The minimum atomic E-state index is -0.677. The molecule has 0 bridgehead atoms. The van der Waals surface area contributed by atoms with E-state index in [0.29, 0.717) is 40.7 Å². The molecule has 2 aromatic rings. The van der Waals surface area contributed by atoms with E-state index in [4.69, 9.17) is 0 Å². The standard InChI is InChI=1S/C15H18F2N2.C12H17N3O/c1-10(2)19-8-15(9-19)5-11(6-15)3-14-13(17)4-12(16)7-18-14;16-12(4-5-12)10-13-8-15(14-10)9-6-11(7-9)2-1-3-11/h4,7,11H,1,3,5-6,8-9H2,2H3;8-9,16H,1-7H2. The highest BCUT2D eigenvalue weighted by molar-refractivity contribution is 5.15. The average Bonchev–Trinajstić information content (AvgIpc) is 3.24. The van der Waals surface area contributed by atoms with Crippen LogP contribution in [0, 0.1) is 28.4 Å². The van der Waals surface area contributed by atoms with E-state index >= 15 is 0 Å². The van der Waals surface area contributed by atoms with Gasteiger partial charge in [0.25, 0.3) is 0 Å². The summed E-state index contributed by atoms with van der Waals surface area (Å²) in [7, 11) is 0. The van der Waals surface area contributed by atoms with Crippen LogP contribution in [0.2, 0.25) is 0 Å². The third-order valence-electron chi connectivity index (χ3n) is 9.18. The smallest absolute Gasteiger partial charge is 0.182 e. The van der Waals surface area contributed by atoms with Crippen LogP contribution in [0.1, 0.15) is 82.3 Å². The number of aromatic nitrogens is 4. The van der Waals surface area contributed by atoms with E-state index in [2.05, 4.69) is 26.5 Å². The molecule has 5 aliphatic rings. The number of halogens is 2. The summed E-state index contributed by atoms with van der Waals surface area (Å²) in [5.41, 5.74) is 1.95. The molecule has 2 aromatic heterocycles. The van der Waals surface area contributed by atoms with E-state index in [-0.39, 0.29) is 0 Å². The Bertz CT molecular complexity index is 1120. The molecule has 8 heteroatoms. The molecule has 1 saturated heterocycles. The van der Waals surface area contributed by atoms with Crippen molar-refractivity contribution in [2.45, 2.75) is 82.8 Å². The number of nitrogens with zero attached hydrogens (tertiary/aromatic N) is 5. The van der Waals surface area contributed by atoms with Gasteiger partial charge in [-0.25, -0.2) is 18.4 Å². The largest absolute Gasteiger partial charge is 0.382 e. The van der Waals surface area contributed by atoms with Crippen molar-refractivity contribution in [3.05, 3.63) is 54.0 Å². The van der Waals surface area contributed by atoms with E-state index in [0.717, 1.165) is 56.7 Å². The summed E-state index contributed by atoms with van der Waals surface area (Å²) in [5, 5.41) is 14.4. The molecule has 0 atom stereocenters. The predicted molar refractivity (Wildman–Crippen MR) is 127 cm³/mol. The molecule has 6 nitrogen and oxygen atoms in total. The Kier molecular flexibility index (Phi) is 5.33. The Morgan fingerprint density at radius 1 is 1.09 bits per heavy atom. The van der Waals surface area contributed by atoms with Crippen LogP contribution in [-0.2, 0) is 12.0 Å². The number of aliphatic hydroxyl groups is 1. The lowest BCUT2D eigenvalue weighted by atomic mass is 9.54. The van der Waals surface area contributed by atoms with Gasteiger partial charge in [0.2, 0.25) is 0 Å². The first kappa shape index (κ1) is 23.1. The minimum Gasteiger partial charge on any atom is -0.382 e. The van der Waals surface area contributed by atoms with E-state index in [9.17, 15) is 13.9 Å². The molecule has 7 rings (SSSR count). The van der Waals surface area contributed by atoms with Crippen molar-refractivity contribution < 1.29 is 13.9 Å². The number of allylic oxidation sites excluding steroid dienone is 1. The first-order valence-electron chi connectivity index (χ1n) is 13.0. The lowest BCUT2D eigenvalue weighted by molar-refractivity contribution is -0.0768. The van der Waals surface area contributed by atoms with Gasteiger partial charge in [-0.2, -0.15) is 5.10 Å². The van der Waals surface area contributed by atoms with Gasteiger partial charge in [-0.05, 0) is 76.0 Å². The maximum Gasteiger partial charge on any atom is 0.182 e. The zero-order valence-corrected chi connectivity index (χ0v) is 20.5. The van der Waals surface area contributed by atoms with Gasteiger partial charge in [0, 0.05) is 30.3 Å². The molecule has 2 spiro atoms. The van der Waals surface area contributed by atoms with Gasteiger partial charge in [-0.3, -0.25) is 4.98 Å². The predicted octanol–water partition coefficient (Wildman–Crippen LogP) is 4.91. The first-order chi connectivity index (χ1) is 16.7. The zero-order valence-electron chi connectivity index (χ0n) is 20.5. The second kappa shape index (κ2) is 8.08. The second-order valence-corrected chi connectivity index (χ2v) is 12.1. The monoisotopic (exact) mass is 483 g/mol. The molecule has 1 N–H and O–H groups in total. The van der Waals surface area contributed by atoms with Crippen molar-refractivity contribution in [2.75, 3.05) is 13.1 Å². The van der Waals surface area contributed by atoms with Gasteiger partial charge in [0.1, 0.15) is 23.6 Å². The number of likely N-dealkylation sites (tertiary alicyclic amines) is 1. The average molecular weight is 484 g/mol. The van der Waals surface area contributed by atoms with Crippen molar-refractivity contribution in [1.82, 2.24) is 24.6 Å². The Morgan fingerprint density at radius 2 is 1.80 bits per heavy atom. The van der Waals surface area contributed by atoms with Crippen LogP contribution in [0.25, 0.3) is 0 Å². The maximum atomic E-state index is 13.5. The van der Waals surface area contributed by atoms with Crippen molar-refractivity contribution in [1.29, 1.82) is 0 Å². The van der Waals surface area contributed by atoms with Crippen molar-refractivity contribution in [3.63, 3.8) is 0 Å². The van der Waals surface area contributed by atoms with Crippen LogP contribution < -0.4 is 0 Å². The van der Waals surface area contributed by atoms with Gasteiger partial charge >= 0.3 is 0 Å². The second-order valence-electron chi connectivity index (χ2n) is 12.1. The van der Waals surface area contributed by atoms with Crippen LogP contribution in [0.3, 0.4) is 0 Å². The van der Waals surface area contributed by atoms with E-state index in [1.165, 1.54) is 32.1 Å². The van der Waals surface area contributed by atoms with E-state index in [1.807, 2.05) is 17.9 Å². The van der Waals surface area contributed by atoms with Crippen LogP contribution in [0.5, 0.6) is 0 Å². The highest BCUT2D eigenvalue weighted by Gasteiger charge is 2.52. The Balaban J connectivity index is 0.000000132. The molecule has 4 aliphatic carbocycles. The quantitative estimate of drug-likeness (QED) is 0.654. The molecule has 1 aliphatic heterocycles. The lowest BCUT2D eigenvalue weighted by Crippen LogP contribution is -2.61. The molecule has 0 amide bonds. The summed E-state index contributed by atoms with van der Waals surface area (Å²) in [4.78, 5) is 10.4. The van der Waals surface area contributed by atoms with E-state index < -0.39 is 17.2 Å². The van der Waals surface area contributed by atoms with Crippen molar-refractivity contribution >= 4 is 0 Å². The number of pyridine rings is 1. The molecule has 0 radical (unpaired) electrons. The molecule has 188 valence electrons. The summed E-state index contributed by atoms with van der Waals surface area (Å²) in [6.45, 7) is 8.13. The third-order valence-corrected chi connectivity index (χ3v) is 9.18. The van der Waals surface area contributed by atoms with Crippen LogP contribution in [0.4, 0.5) is 8.78 Å². The first-order valence-corrected chi connectivity index (χ1v) is 13.0. The summed E-state index contributed by atoms with van der Waals surface area (Å²) in [6, 6.07) is 1.46. The van der Waals surface area contributed by atoms with Crippen molar-refractivity contribution in [2.24, 2.45) is 16.7 Å². The van der Waals surface area contributed by atoms with Crippen molar-refractivity contribution in [3.8, 4) is 0 Å². The Morgan fingerprint density at radius 3 is 2.37 bits per heavy atom. The molecular weight excluding hydrogens is 448 g/mol. The number of hydrogen-bond donors (Lipinski definition) is 1. The molecule has 5 fully saturated rings. The zero-order chi connectivity index (χ0) is 24.4. The van der Waals surface area contributed by atoms with Gasteiger partial charge in [0.15, 0.2) is 5.82 Å². The maximum absolute atomic E-state index is 13.5. The fourth-order valence-electron chi connectivity index (χ4n) is 6.69. The van der Waals surface area contributed by atoms with Crippen LogP contribution >= 0.6 is 0 Å². The van der Waals surface area contributed by atoms with Gasteiger partial charge in [-0.15, -0.1) is 0 Å². The minimum absolute atomic E-state index is 0.400. The van der Waals surface area contributed by atoms with Crippen LogP contribution in [-0.4, -0.2) is 42.8 Å². The summed E-state index contributed by atoms with van der Waals surface area (Å²) >= 11 is 0. The van der Waals surface area contributed by atoms with Crippen LogP contribution in [0.15, 0.2) is 30.9 Å². The molecule has 0 unspecified atom stereocenters. The summed E-state index contributed by atoms with van der Waals surface area (Å²) in [6.07, 6.45) is 14.2. The summed E-state index contributed by atoms with van der Waals surface area (Å²) < 4.78 is 28.3. The fraction of sp³-hybridized carbons (Fsp3) is 0.667. The third kappa shape index (κ3) is 4.28. The SMILES string of the molecule is C=C(C)N1CC2(CC(Cc3ncc(F)cc3F)C2)C1.OC1(c2ncn(C3CC4(CCC4)C3)n2)CC1. The van der Waals surface area contributed by atoms with Gasteiger partial charge < -0.3 is 10.0 Å². The van der Waals surface area contributed by atoms with Gasteiger partial charge in [-0.1, -0.05) is 13.0 Å². The molecular formula is C27H35F2N5O. The molecule has 4 saturated carbocycles. The fourth-order valence-corrected chi connectivity index (χ4v) is 6.69. The molecule has 35 heavy (non-hydrogen) atoms. The highest BCUT2D eigenvalue weighted by atomic mass is 19.1. The Labute approximate surface area is 205 Å². The van der Waals surface area contributed by atoms with Gasteiger partial charge in [0.05, 0.1) is 17.9 Å². The number of rotatable bonds is 5. The lowest BCUT2D eigenvalue weighted by Gasteiger charge is -2.60. The molecule has 3 heterocycles.